The van der Waals surface area contributed by atoms with Gasteiger partial charge in [0.15, 0.2) is 0 Å². The van der Waals surface area contributed by atoms with Crippen LogP contribution in [0.2, 0.25) is 5.02 Å². The minimum atomic E-state index is -3.79. The molecule has 0 radical (unpaired) electrons. The summed E-state index contributed by atoms with van der Waals surface area (Å²) in [5.74, 6) is 0. The van der Waals surface area contributed by atoms with E-state index < -0.39 is 14.9 Å². The van der Waals surface area contributed by atoms with Crippen LogP contribution in [0.5, 0.6) is 0 Å². The highest BCUT2D eigenvalue weighted by Gasteiger charge is 2.30. The summed E-state index contributed by atoms with van der Waals surface area (Å²) in [6, 6.07) is 10.9. The van der Waals surface area contributed by atoms with Gasteiger partial charge >= 0.3 is 0 Å². The molecule has 0 spiro atoms. The second-order valence-electron chi connectivity index (χ2n) is 7.06. The number of rotatable bonds is 6. The zero-order valence-corrected chi connectivity index (χ0v) is 17.8. The molecule has 10 heteroatoms. The number of hydrogen-bond donors (Lipinski definition) is 1. The number of hydrogen-bond acceptors (Lipinski definition) is 6. The van der Waals surface area contributed by atoms with Gasteiger partial charge in [-0.25, -0.2) is 8.42 Å². The Morgan fingerprint density at radius 2 is 1.83 bits per heavy atom. The number of nitro benzene ring substituents is 1. The van der Waals surface area contributed by atoms with Crippen molar-refractivity contribution in [3.8, 4) is 0 Å². The van der Waals surface area contributed by atoms with Gasteiger partial charge in [0.05, 0.1) is 9.82 Å². The normalized spacial score (nSPS) is 17.1. The van der Waals surface area contributed by atoms with Gasteiger partial charge in [0.1, 0.15) is 5.69 Å². The molecule has 8 nitrogen and oxygen atoms in total. The first-order chi connectivity index (χ1) is 13.7. The summed E-state index contributed by atoms with van der Waals surface area (Å²) >= 11 is 6.02. The SMILES string of the molecule is CC(Nc1ccc(S(=O)(=O)N2CCN(C)CC2)cc1[N+](=O)[O-])c1cccc(Cl)c1. The highest BCUT2D eigenvalue weighted by Crippen LogP contribution is 2.32. The number of nitrogens with one attached hydrogen (secondary N) is 1. The maximum atomic E-state index is 12.9. The topological polar surface area (TPSA) is 95.8 Å². The Balaban J connectivity index is 1.88. The first kappa shape index (κ1) is 21.5. The molecule has 0 saturated carbocycles. The Bertz CT molecular complexity index is 1010. The third kappa shape index (κ3) is 4.87. The number of nitrogens with zero attached hydrogens (tertiary/aromatic N) is 3. The maximum absolute atomic E-state index is 12.9. The van der Waals surface area contributed by atoms with Gasteiger partial charge in [-0.2, -0.15) is 4.31 Å². The van der Waals surface area contributed by atoms with Crippen molar-refractivity contribution in [3.05, 3.63) is 63.2 Å². The largest absolute Gasteiger partial charge is 0.373 e. The standard InChI is InChI=1S/C19H23ClN4O4S/c1-14(15-4-3-5-16(20)12-15)21-18-7-6-17(13-19(18)24(25)26)29(27,28)23-10-8-22(2)9-11-23/h3-7,12-14,21H,8-11H2,1-2H3. The Hall–Kier alpha value is -2.20. The zero-order valence-electron chi connectivity index (χ0n) is 16.2. The van der Waals surface area contributed by atoms with Crippen molar-refractivity contribution in [2.45, 2.75) is 17.9 Å². The van der Waals surface area contributed by atoms with Gasteiger partial charge in [-0.3, -0.25) is 10.1 Å². The van der Waals surface area contributed by atoms with Crippen molar-refractivity contribution < 1.29 is 13.3 Å². The predicted octanol–water partition coefficient (Wildman–Crippen LogP) is 3.36. The molecule has 1 heterocycles. The molecular weight excluding hydrogens is 416 g/mol. The molecule has 2 aromatic carbocycles. The van der Waals surface area contributed by atoms with E-state index in [-0.39, 0.29) is 22.3 Å². The molecule has 1 aliphatic rings. The van der Waals surface area contributed by atoms with Crippen LogP contribution in [0.25, 0.3) is 0 Å². The number of anilines is 1. The van der Waals surface area contributed by atoms with Crippen LogP contribution in [0, 0.1) is 10.1 Å². The number of piperazine rings is 1. The van der Waals surface area contributed by atoms with Gasteiger partial charge in [0, 0.05) is 43.3 Å². The number of benzene rings is 2. The summed E-state index contributed by atoms with van der Waals surface area (Å²) in [7, 11) is -1.86. The van der Waals surface area contributed by atoms with Crippen LogP contribution in [-0.4, -0.2) is 55.8 Å². The van der Waals surface area contributed by atoms with Gasteiger partial charge in [0.2, 0.25) is 10.0 Å². The third-order valence-corrected chi connectivity index (χ3v) is 7.12. The van der Waals surface area contributed by atoms with E-state index in [0.29, 0.717) is 31.2 Å². The minimum Gasteiger partial charge on any atom is -0.373 e. The number of nitro groups is 1. The predicted molar refractivity (Wildman–Crippen MR) is 113 cm³/mol. The highest BCUT2D eigenvalue weighted by molar-refractivity contribution is 7.89. The molecule has 0 aliphatic carbocycles. The minimum absolute atomic E-state index is 0.0743. The molecule has 0 bridgehead atoms. The van der Waals surface area contributed by atoms with Crippen LogP contribution >= 0.6 is 11.6 Å². The van der Waals surface area contributed by atoms with Crippen molar-refractivity contribution in [1.82, 2.24) is 9.21 Å². The Morgan fingerprint density at radius 1 is 1.14 bits per heavy atom. The lowest BCUT2D eigenvalue weighted by atomic mass is 10.1. The van der Waals surface area contributed by atoms with Gasteiger partial charge in [-0.1, -0.05) is 23.7 Å². The Morgan fingerprint density at radius 3 is 2.45 bits per heavy atom. The fourth-order valence-electron chi connectivity index (χ4n) is 3.22. The second kappa shape index (κ2) is 8.66. The second-order valence-corrected chi connectivity index (χ2v) is 9.44. The Labute approximate surface area is 175 Å². The fourth-order valence-corrected chi connectivity index (χ4v) is 4.86. The number of sulfonamides is 1. The molecule has 1 fully saturated rings. The van der Waals surface area contributed by atoms with E-state index in [0.717, 1.165) is 11.6 Å². The lowest BCUT2D eigenvalue weighted by molar-refractivity contribution is -0.384. The van der Waals surface area contributed by atoms with Crippen LogP contribution in [-0.2, 0) is 10.0 Å². The van der Waals surface area contributed by atoms with Crippen LogP contribution in [0.4, 0.5) is 11.4 Å². The van der Waals surface area contributed by atoms with Gasteiger partial charge < -0.3 is 10.2 Å². The van der Waals surface area contributed by atoms with E-state index in [9.17, 15) is 18.5 Å². The first-order valence-corrected chi connectivity index (χ1v) is 11.0. The molecule has 29 heavy (non-hydrogen) atoms. The number of likely N-dealkylation sites (N-methyl/N-ethyl adjacent to an activating group) is 1. The Kier molecular flexibility index (Phi) is 6.42. The summed E-state index contributed by atoms with van der Waals surface area (Å²) < 4.78 is 27.2. The summed E-state index contributed by atoms with van der Waals surface area (Å²) in [6.07, 6.45) is 0. The average Bonchev–Trinajstić information content (AvgIpc) is 2.68. The number of halogens is 1. The lowest BCUT2D eigenvalue weighted by Crippen LogP contribution is -2.47. The highest BCUT2D eigenvalue weighted by atomic mass is 35.5. The van der Waals surface area contributed by atoms with E-state index in [2.05, 4.69) is 5.32 Å². The molecule has 0 aromatic heterocycles. The van der Waals surface area contributed by atoms with Gasteiger partial charge in [-0.05, 0) is 43.8 Å². The van der Waals surface area contributed by atoms with Crippen LogP contribution in [0.3, 0.4) is 0 Å². The van der Waals surface area contributed by atoms with Crippen molar-refractivity contribution in [2.24, 2.45) is 0 Å². The van der Waals surface area contributed by atoms with Crippen LogP contribution in [0.15, 0.2) is 47.4 Å². The maximum Gasteiger partial charge on any atom is 0.293 e. The van der Waals surface area contributed by atoms with Crippen molar-refractivity contribution in [1.29, 1.82) is 0 Å². The third-order valence-electron chi connectivity index (χ3n) is 4.99. The lowest BCUT2D eigenvalue weighted by Gasteiger charge is -2.31. The molecular formula is C19H23ClN4O4S. The molecule has 3 rings (SSSR count). The van der Waals surface area contributed by atoms with Crippen LogP contribution in [0.1, 0.15) is 18.5 Å². The molecule has 1 N–H and O–H groups in total. The zero-order chi connectivity index (χ0) is 21.2. The molecule has 2 aromatic rings. The molecule has 1 saturated heterocycles. The molecule has 1 aliphatic heterocycles. The van der Waals surface area contributed by atoms with E-state index in [1.54, 1.807) is 18.2 Å². The monoisotopic (exact) mass is 438 g/mol. The summed E-state index contributed by atoms with van der Waals surface area (Å²) in [4.78, 5) is 13.0. The molecule has 1 unspecified atom stereocenters. The van der Waals surface area contributed by atoms with Gasteiger partial charge in [0.25, 0.3) is 5.69 Å². The van der Waals surface area contributed by atoms with E-state index in [1.165, 1.54) is 16.4 Å². The average molecular weight is 439 g/mol. The van der Waals surface area contributed by atoms with Crippen molar-refractivity contribution in [3.63, 3.8) is 0 Å². The van der Waals surface area contributed by atoms with E-state index in [1.807, 2.05) is 24.9 Å². The van der Waals surface area contributed by atoms with Crippen molar-refractivity contribution in [2.75, 3.05) is 38.5 Å². The van der Waals surface area contributed by atoms with E-state index in [4.69, 9.17) is 11.6 Å². The molecule has 0 amide bonds. The molecule has 1 atom stereocenters. The fraction of sp³-hybridized carbons (Fsp3) is 0.368. The van der Waals surface area contributed by atoms with E-state index >= 15 is 0 Å². The summed E-state index contributed by atoms with van der Waals surface area (Å²) in [6.45, 7) is 3.82. The van der Waals surface area contributed by atoms with Crippen molar-refractivity contribution >= 4 is 33.0 Å². The smallest absolute Gasteiger partial charge is 0.293 e. The molecule has 156 valence electrons. The summed E-state index contributed by atoms with van der Waals surface area (Å²) in [5.41, 5.74) is 0.829. The van der Waals surface area contributed by atoms with Gasteiger partial charge in [-0.15, -0.1) is 0 Å². The van der Waals surface area contributed by atoms with Crippen LogP contribution < -0.4 is 5.32 Å². The first-order valence-electron chi connectivity index (χ1n) is 9.17. The quantitative estimate of drug-likeness (QED) is 0.548. The summed E-state index contributed by atoms with van der Waals surface area (Å²) in [5, 5.41) is 15.3.